The van der Waals surface area contributed by atoms with Crippen molar-refractivity contribution >= 4 is 44.8 Å². The third-order valence-corrected chi connectivity index (χ3v) is 3.92. The third kappa shape index (κ3) is 5.47. The maximum Gasteiger partial charge on any atom is 0.340 e. The van der Waals surface area contributed by atoms with Crippen molar-refractivity contribution in [2.45, 2.75) is 0 Å². The molecule has 25 heavy (non-hydrogen) atoms. The largest absolute Gasteiger partial charge is 0.454 e. The SMILES string of the molecule is CS(=O)(=O)Nc1ccc(C(=O)COC(=O)c2ccc(Cl)cc2N)cc1. The summed E-state index contributed by atoms with van der Waals surface area (Å²) in [5, 5.41) is 0.382. The van der Waals surface area contributed by atoms with Crippen LogP contribution in [-0.4, -0.2) is 33.0 Å². The molecule has 2 aromatic carbocycles. The minimum absolute atomic E-state index is 0.116. The van der Waals surface area contributed by atoms with Gasteiger partial charge in [0.1, 0.15) is 0 Å². The fourth-order valence-corrected chi connectivity index (χ4v) is 2.69. The molecule has 0 unspecified atom stereocenters. The molecule has 0 fully saturated rings. The molecule has 7 nitrogen and oxygen atoms in total. The number of carbonyl (C=O) groups excluding carboxylic acids is 2. The zero-order chi connectivity index (χ0) is 18.6. The second-order valence-electron chi connectivity index (χ2n) is 5.18. The summed E-state index contributed by atoms with van der Waals surface area (Å²) in [5.74, 6) is -1.18. The molecule has 3 N–H and O–H groups in total. The number of hydrogen-bond donors (Lipinski definition) is 2. The van der Waals surface area contributed by atoms with Gasteiger partial charge in [-0.2, -0.15) is 0 Å². The summed E-state index contributed by atoms with van der Waals surface area (Å²) in [4.78, 5) is 24.0. The van der Waals surface area contributed by atoms with E-state index in [1.165, 1.54) is 42.5 Å². The van der Waals surface area contributed by atoms with Gasteiger partial charge >= 0.3 is 5.97 Å². The predicted molar refractivity (Wildman–Crippen MR) is 95.4 cm³/mol. The Bertz CT molecular complexity index is 911. The lowest BCUT2D eigenvalue weighted by atomic mass is 10.1. The monoisotopic (exact) mass is 382 g/mol. The summed E-state index contributed by atoms with van der Waals surface area (Å²) >= 11 is 5.75. The second kappa shape index (κ2) is 7.54. The third-order valence-electron chi connectivity index (χ3n) is 3.08. The van der Waals surface area contributed by atoms with Crippen LogP contribution >= 0.6 is 11.6 Å². The minimum Gasteiger partial charge on any atom is -0.454 e. The minimum atomic E-state index is -3.40. The molecule has 0 amide bonds. The molecule has 0 heterocycles. The van der Waals surface area contributed by atoms with Crippen molar-refractivity contribution in [1.82, 2.24) is 0 Å². The number of nitrogens with two attached hydrogens (primary N) is 1. The molecule has 2 aromatic rings. The number of anilines is 2. The topological polar surface area (TPSA) is 116 Å². The Balaban J connectivity index is 1.99. The van der Waals surface area contributed by atoms with E-state index in [1.807, 2.05) is 0 Å². The predicted octanol–water partition coefficient (Wildman–Crippen LogP) is 2.33. The number of nitrogens with one attached hydrogen (secondary N) is 1. The zero-order valence-electron chi connectivity index (χ0n) is 13.2. The van der Waals surface area contributed by atoms with E-state index >= 15 is 0 Å². The Morgan fingerprint density at radius 2 is 1.80 bits per heavy atom. The molecule has 0 saturated heterocycles. The van der Waals surface area contributed by atoms with Crippen molar-refractivity contribution in [3.05, 3.63) is 58.6 Å². The van der Waals surface area contributed by atoms with E-state index in [9.17, 15) is 18.0 Å². The number of carbonyl (C=O) groups is 2. The van der Waals surface area contributed by atoms with Crippen LogP contribution in [0.2, 0.25) is 5.02 Å². The van der Waals surface area contributed by atoms with E-state index in [1.54, 1.807) is 0 Å². The Labute approximate surface area is 149 Å². The normalized spacial score (nSPS) is 11.0. The second-order valence-corrected chi connectivity index (χ2v) is 7.37. The molecule has 0 aromatic heterocycles. The Kier molecular flexibility index (Phi) is 5.66. The maximum atomic E-state index is 12.0. The van der Waals surface area contributed by atoms with Crippen molar-refractivity contribution in [2.24, 2.45) is 0 Å². The lowest BCUT2D eigenvalue weighted by Gasteiger charge is -2.08. The van der Waals surface area contributed by atoms with E-state index < -0.39 is 28.4 Å². The summed E-state index contributed by atoms with van der Waals surface area (Å²) in [7, 11) is -3.40. The maximum absolute atomic E-state index is 12.0. The van der Waals surface area contributed by atoms with Crippen LogP contribution in [0.25, 0.3) is 0 Å². The lowest BCUT2D eigenvalue weighted by Crippen LogP contribution is -2.15. The average Bonchev–Trinajstić information content (AvgIpc) is 2.51. The summed E-state index contributed by atoms with van der Waals surface area (Å²) in [5.41, 5.74) is 6.55. The van der Waals surface area contributed by atoms with Gasteiger partial charge in [-0.3, -0.25) is 9.52 Å². The molecule has 0 spiro atoms. The highest BCUT2D eigenvalue weighted by atomic mass is 35.5. The van der Waals surface area contributed by atoms with Gasteiger partial charge in [0.25, 0.3) is 0 Å². The molecular formula is C16H15ClN2O5S. The molecule has 0 aliphatic rings. The number of hydrogen-bond acceptors (Lipinski definition) is 6. The number of Topliss-reactive ketones (excluding diaryl/α,β-unsaturated/α-hetero) is 1. The van der Waals surface area contributed by atoms with Crippen LogP contribution in [-0.2, 0) is 14.8 Å². The smallest absolute Gasteiger partial charge is 0.340 e. The van der Waals surface area contributed by atoms with Gasteiger partial charge in [-0.1, -0.05) is 11.6 Å². The molecule has 0 aliphatic carbocycles. The lowest BCUT2D eigenvalue weighted by molar-refractivity contribution is 0.0476. The quantitative estimate of drug-likeness (QED) is 0.450. The van der Waals surface area contributed by atoms with Crippen LogP contribution in [0.4, 0.5) is 11.4 Å². The van der Waals surface area contributed by atoms with Gasteiger partial charge in [-0.15, -0.1) is 0 Å². The number of ether oxygens (including phenoxy) is 1. The van der Waals surface area contributed by atoms with E-state index in [-0.39, 0.29) is 16.8 Å². The van der Waals surface area contributed by atoms with Crippen molar-refractivity contribution in [2.75, 3.05) is 23.3 Å². The van der Waals surface area contributed by atoms with E-state index in [4.69, 9.17) is 22.1 Å². The highest BCUT2D eigenvalue weighted by molar-refractivity contribution is 7.92. The van der Waals surface area contributed by atoms with Gasteiger partial charge in [0.05, 0.1) is 11.8 Å². The average molecular weight is 383 g/mol. The van der Waals surface area contributed by atoms with Gasteiger partial charge in [-0.25, -0.2) is 13.2 Å². The standard InChI is InChI=1S/C16H15ClN2O5S/c1-25(22,23)19-12-5-2-10(3-6-12)15(20)9-24-16(21)13-7-4-11(17)8-14(13)18/h2-8,19H,9,18H2,1H3. The van der Waals surface area contributed by atoms with Gasteiger partial charge < -0.3 is 10.5 Å². The first kappa shape index (κ1) is 18.8. The van der Waals surface area contributed by atoms with E-state index in [0.29, 0.717) is 10.7 Å². The molecule has 0 saturated carbocycles. The van der Waals surface area contributed by atoms with Crippen LogP contribution in [0.15, 0.2) is 42.5 Å². The van der Waals surface area contributed by atoms with Crippen molar-refractivity contribution in [3.8, 4) is 0 Å². The van der Waals surface area contributed by atoms with Crippen LogP contribution in [0.1, 0.15) is 20.7 Å². The number of rotatable bonds is 6. The van der Waals surface area contributed by atoms with Crippen LogP contribution in [0.3, 0.4) is 0 Å². The molecule has 9 heteroatoms. The number of ketones is 1. The fourth-order valence-electron chi connectivity index (χ4n) is 1.95. The number of benzene rings is 2. The fraction of sp³-hybridized carbons (Fsp3) is 0.125. The number of sulfonamides is 1. The molecule has 132 valence electrons. The summed E-state index contributed by atoms with van der Waals surface area (Å²) in [6.07, 6.45) is 1.02. The number of esters is 1. The van der Waals surface area contributed by atoms with Gasteiger partial charge in [0, 0.05) is 22.0 Å². The molecule has 0 radical (unpaired) electrons. The number of nitrogen functional groups attached to an aromatic ring is 1. The first-order chi connectivity index (χ1) is 11.7. The van der Waals surface area contributed by atoms with Gasteiger partial charge in [-0.05, 0) is 42.5 Å². The molecule has 0 atom stereocenters. The molecular weight excluding hydrogens is 368 g/mol. The first-order valence-corrected chi connectivity index (χ1v) is 9.26. The highest BCUT2D eigenvalue weighted by Crippen LogP contribution is 2.19. The number of halogens is 1. The van der Waals surface area contributed by atoms with E-state index in [2.05, 4.69) is 4.72 Å². The van der Waals surface area contributed by atoms with Crippen molar-refractivity contribution in [1.29, 1.82) is 0 Å². The molecule has 0 aliphatic heterocycles. The summed E-state index contributed by atoms with van der Waals surface area (Å²) in [6, 6.07) is 10.1. The Morgan fingerprint density at radius 1 is 1.16 bits per heavy atom. The van der Waals surface area contributed by atoms with Gasteiger partial charge in [0.15, 0.2) is 12.4 Å². The van der Waals surface area contributed by atoms with Crippen LogP contribution in [0.5, 0.6) is 0 Å². The first-order valence-electron chi connectivity index (χ1n) is 6.99. The summed E-state index contributed by atoms with van der Waals surface area (Å²) < 4.78 is 29.5. The Morgan fingerprint density at radius 3 is 2.36 bits per heavy atom. The van der Waals surface area contributed by atoms with Crippen molar-refractivity contribution < 1.29 is 22.7 Å². The Hall–Kier alpha value is -2.58. The van der Waals surface area contributed by atoms with Crippen LogP contribution < -0.4 is 10.5 Å². The van der Waals surface area contributed by atoms with Crippen LogP contribution in [0, 0.1) is 0 Å². The zero-order valence-corrected chi connectivity index (χ0v) is 14.7. The molecule has 2 rings (SSSR count). The van der Waals surface area contributed by atoms with E-state index in [0.717, 1.165) is 6.26 Å². The summed E-state index contributed by atoms with van der Waals surface area (Å²) in [6.45, 7) is -0.472. The van der Waals surface area contributed by atoms with Gasteiger partial charge in [0.2, 0.25) is 10.0 Å². The molecule has 0 bridgehead atoms. The van der Waals surface area contributed by atoms with Crippen molar-refractivity contribution in [3.63, 3.8) is 0 Å². The highest BCUT2D eigenvalue weighted by Gasteiger charge is 2.14.